The van der Waals surface area contributed by atoms with Crippen LogP contribution >= 0.6 is 0 Å². The molecule has 2 rings (SSSR count). The molecule has 1 heterocycles. The topological polar surface area (TPSA) is 120 Å². The van der Waals surface area contributed by atoms with Gasteiger partial charge in [-0.2, -0.15) is 0 Å². The molecule has 3 amide bonds. The minimum Gasteiger partial charge on any atom is -0.454 e. The van der Waals surface area contributed by atoms with Crippen LogP contribution in [0, 0.1) is 0 Å². The monoisotopic (exact) mass is 307 g/mol. The fourth-order valence-corrected chi connectivity index (χ4v) is 2.07. The number of hydrogen-bond acceptors (Lipinski definition) is 5. The van der Waals surface area contributed by atoms with Gasteiger partial charge in [0.25, 0.3) is 0 Å². The molecule has 0 unspecified atom stereocenters. The van der Waals surface area contributed by atoms with Crippen molar-refractivity contribution in [1.29, 1.82) is 0 Å². The Bertz CT molecular complexity index is 602. The lowest BCUT2D eigenvalue weighted by Gasteiger charge is -2.15. The van der Waals surface area contributed by atoms with Crippen molar-refractivity contribution in [3.05, 3.63) is 23.8 Å². The van der Waals surface area contributed by atoms with Crippen LogP contribution in [-0.4, -0.2) is 37.6 Å². The first-order valence-corrected chi connectivity index (χ1v) is 6.67. The molecular formula is C14H17N3O5. The zero-order chi connectivity index (χ0) is 16.1. The maximum Gasteiger partial charge on any atom is 0.242 e. The Hall–Kier alpha value is -2.77. The summed E-state index contributed by atoms with van der Waals surface area (Å²) in [6.07, 6.45) is -0.213. The third-order valence-corrected chi connectivity index (χ3v) is 3.11. The number of carbonyl (C=O) groups is 3. The highest BCUT2D eigenvalue weighted by Crippen LogP contribution is 2.32. The zero-order valence-electron chi connectivity index (χ0n) is 12.0. The van der Waals surface area contributed by atoms with E-state index in [2.05, 4.69) is 10.6 Å². The molecule has 1 aromatic carbocycles. The van der Waals surface area contributed by atoms with Gasteiger partial charge in [0.2, 0.25) is 24.5 Å². The molecule has 0 saturated carbocycles. The van der Waals surface area contributed by atoms with E-state index in [9.17, 15) is 14.4 Å². The molecule has 0 radical (unpaired) electrons. The van der Waals surface area contributed by atoms with Crippen LogP contribution < -0.4 is 25.8 Å². The van der Waals surface area contributed by atoms with Crippen molar-refractivity contribution in [3.63, 3.8) is 0 Å². The van der Waals surface area contributed by atoms with Gasteiger partial charge in [-0.3, -0.25) is 14.4 Å². The molecule has 0 saturated heterocycles. The molecule has 0 aliphatic carbocycles. The van der Waals surface area contributed by atoms with Crippen LogP contribution in [0.15, 0.2) is 18.2 Å². The van der Waals surface area contributed by atoms with Crippen molar-refractivity contribution >= 4 is 17.7 Å². The van der Waals surface area contributed by atoms with Crippen LogP contribution in [0.4, 0.5) is 0 Å². The van der Waals surface area contributed by atoms with Gasteiger partial charge >= 0.3 is 0 Å². The summed E-state index contributed by atoms with van der Waals surface area (Å²) < 4.78 is 10.4. The highest BCUT2D eigenvalue weighted by atomic mass is 16.7. The molecule has 1 atom stereocenters. The van der Waals surface area contributed by atoms with Gasteiger partial charge in [-0.05, 0) is 17.7 Å². The van der Waals surface area contributed by atoms with Gasteiger partial charge in [0.1, 0.15) is 6.04 Å². The average Bonchev–Trinajstić information content (AvgIpc) is 2.92. The molecule has 1 aliphatic heterocycles. The maximum absolute atomic E-state index is 12.0. The van der Waals surface area contributed by atoms with E-state index in [1.165, 1.54) is 7.05 Å². The van der Waals surface area contributed by atoms with Crippen LogP contribution in [0.3, 0.4) is 0 Å². The van der Waals surface area contributed by atoms with E-state index in [1.807, 2.05) is 0 Å². The lowest BCUT2D eigenvalue weighted by molar-refractivity contribution is -0.130. The van der Waals surface area contributed by atoms with Crippen molar-refractivity contribution in [1.82, 2.24) is 10.6 Å². The normalized spacial score (nSPS) is 13.3. The number of likely N-dealkylation sites (N-methyl/N-ethyl adjacent to an activating group) is 1. The van der Waals surface area contributed by atoms with Gasteiger partial charge in [0.15, 0.2) is 11.5 Å². The number of nitrogens with two attached hydrogens (primary N) is 1. The second-order valence-electron chi connectivity index (χ2n) is 4.77. The number of fused-ring (bicyclic) bond motifs is 1. The molecular weight excluding hydrogens is 290 g/mol. The molecule has 0 bridgehead atoms. The molecule has 22 heavy (non-hydrogen) atoms. The highest BCUT2D eigenvalue weighted by Gasteiger charge is 2.22. The SMILES string of the molecule is CNC(=O)[C@H](CC(N)=O)NC(=O)Cc1ccc2c(c1)OCO2. The van der Waals surface area contributed by atoms with Gasteiger partial charge in [-0.1, -0.05) is 6.07 Å². The fourth-order valence-electron chi connectivity index (χ4n) is 2.07. The molecule has 8 heteroatoms. The molecule has 0 spiro atoms. The van der Waals surface area contributed by atoms with Crippen LogP contribution in [-0.2, 0) is 20.8 Å². The minimum absolute atomic E-state index is 0.0445. The number of benzene rings is 1. The van der Waals surface area contributed by atoms with Crippen LogP contribution in [0.5, 0.6) is 11.5 Å². The number of rotatable bonds is 6. The van der Waals surface area contributed by atoms with Crippen molar-refractivity contribution < 1.29 is 23.9 Å². The van der Waals surface area contributed by atoms with Crippen LogP contribution in [0.2, 0.25) is 0 Å². The van der Waals surface area contributed by atoms with Gasteiger partial charge in [0, 0.05) is 7.05 Å². The summed E-state index contributed by atoms with van der Waals surface area (Å²) in [5.74, 6) is -0.338. The van der Waals surface area contributed by atoms with E-state index in [4.69, 9.17) is 15.2 Å². The lowest BCUT2D eigenvalue weighted by atomic mass is 10.1. The number of nitrogens with one attached hydrogen (secondary N) is 2. The highest BCUT2D eigenvalue weighted by molar-refractivity contribution is 5.92. The summed E-state index contributed by atoms with van der Waals surface area (Å²) >= 11 is 0. The fraction of sp³-hybridized carbons (Fsp3) is 0.357. The number of ether oxygens (including phenoxy) is 2. The van der Waals surface area contributed by atoms with Gasteiger partial charge < -0.3 is 25.8 Å². The van der Waals surface area contributed by atoms with E-state index in [-0.39, 0.29) is 19.6 Å². The molecule has 0 fully saturated rings. The van der Waals surface area contributed by atoms with Crippen molar-refractivity contribution in [2.24, 2.45) is 5.73 Å². The third kappa shape index (κ3) is 3.87. The Morgan fingerprint density at radius 1 is 1.27 bits per heavy atom. The molecule has 4 N–H and O–H groups in total. The Kier molecular flexibility index (Phi) is 4.82. The molecule has 1 aromatic rings. The minimum atomic E-state index is -0.982. The van der Waals surface area contributed by atoms with Crippen LogP contribution in [0.25, 0.3) is 0 Å². The largest absolute Gasteiger partial charge is 0.454 e. The van der Waals surface area contributed by atoms with Crippen molar-refractivity contribution in [2.75, 3.05) is 13.8 Å². The standard InChI is InChI=1S/C14H17N3O5/c1-16-14(20)9(6-12(15)18)17-13(19)5-8-2-3-10-11(4-8)22-7-21-10/h2-4,9H,5-7H2,1H3,(H2,15,18)(H,16,20)(H,17,19)/t9-/m0/s1. The van der Waals surface area contributed by atoms with E-state index in [0.717, 1.165) is 0 Å². The predicted molar refractivity (Wildman–Crippen MR) is 76.1 cm³/mol. The van der Waals surface area contributed by atoms with Crippen molar-refractivity contribution in [2.45, 2.75) is 18.9 Å². The number of primary amides is 1. The first-order valence-electron chi connectivity index (χ1n) is 6.67. The lowest BCUT2D eigenvalue weighted by Crippen LogP contribution is -2.48. The van der Waals surface area contributed by atoms with Crippen molar-refractivity contribution in [3.8, 4) is 11.5 Å². The summed E-state index contributed by atoms with van der Waals surface area (Å²) in [5.41, 5.74) is 5.78. The summed E-state index contributed by atoms with van der Waals surface area (Å²) in [4.78, 5) is 34.6. The summed E-state index contributed by atoms with van der Waals surface area (Å²) in [5, 5.41) is 4.87. The molecule has 118 valence electrons. The smallest absolute Gasteiger partial charge is 0.242 e. The van der Waals surface area contributed by atoms with Crippen LogP contribution in [0.1, 0.15) is 12.0 Å². The molecule has 0 aromatic heterocycles. The second-order valence-corrected chi connectivity index (χ2v) is 4.77. The summed E-state index contributed by atoms with van der Waals surface area (Å²) in [6.45, 7) is 0.155. The summed E-state index contributed by atoms with van der Waals surface area (Å²) in [7, 11) is 1.42. The maximum atomic E-state index is 12.0. The summed E-state index contributed by atoms with van der Waals surface area (Å²) in [6, 6.07) is 4.16. The Morgan fingerprint density at radius 2 is 2.00 bits per heavy atom. The van der Waals surface area contributed by atoms with E-state index in [1.54, 1.807) is 18.2 Å². The third-order valence-electron chi connectivity index (χ3n) is 3.11. The van der Waals surface area contributed by atoms with Gasteiger partial charge in [-0.25, -0.2) is 0 Å². The van der Waals surface area contributed by atoms with Gasteiger partial charge in [0.05, 0.1) is 12.8 Å². The quantitative estimate of drug-likeness (QED) is 0.627. The predicted octanol–water partition coefficient (Wildman–Crippen LogP) is -0.936. The Morgan fingerprint density at radius 3 is 2.68 bits per heavy atom. The molecule has 8 nitrogen and oxygen atoms in total. The Balaban J connectivity index is 1.98. The number of hydrogen-bond donors (Lipinski definition) is 3. The number of carbonyl (C=O) groups excluding carboxylic acids is 3. The van der Waals surface area contributed by atoms with E-state index in [0.29, 0.717) is 17.1 Å². The first kappa shape index (κ1) is 15.6. The first-order chi connectivity index (χ1) is 10.5. The van der Waals surface area contributed by atoms with Gasteiger partial charge in [-0.15, -0.1) is 0 Å². The van der Waals surface area contributed by atoms with E-state index < -0.39 is 23.8 Å². The average molecular weight is 307 g/mol. The Labute approximate surface area is 126 Å². The second kappa shape index (κ2) is 6.79. The zero-order valence-corrected chi connectivity index (χ0v) is 12.0. The number of amides is 3. The molecule has 1 aliphatic rings. The van der Waals surface area contributed by atoms with E-state index >= 15 is 0 Å².